The smallest absolute Gasteiger partial charge is 0.317 e. The molecule has 0 saturated heterocycles. The van der Waals surface area contributed by atoms with Crippen LogP contribution < -0.4 is 5.32 Å². The zero-order chi connectivity index (χ0) is 17.9. The van der Waals surface area contributed by atoms with Crippen molar-refractivity contribution >= 4 is 33.6 Å². The van der Waals surface area contributed by atoms with Crippen LogP contribution in [0.3, 0.4) is 0 Å². The van der Waals surface area contributed by atoms with Gasteiger partial charge in [-0.05, 0) is 34.5 Å². The van der Waals surface area contributed by atoms with Crippen LogP contribution in [0.15, 0.2) is 22.9 Å². The van der Waals surface area contributed by atoms with Gasteiger partial charge in [-0.15, -0.1) is 0 Å². The number of carbonyl (C=O) groups excluding carboxylic acids is 1. The monoisotopic (exact) mass is 396 g/mol. The maximum Gasteiger partial charge on any atom is 0.317 e. The van der Waals surface area contributed by atoms with E-state index in [1.165, 1.54) is 4.90 Å². The van der Waals surface area contributed by atoms with E-state index in [2.05, 4.69) is 26.2 Å². The first kappa shape index (κ1) is 18.3. The number of carboxylic acids is 1. The maximum atomic E-state index is 12.0. The number of carboxylic acid groups (broad SMARTS) is 1. The molecule has 2 rings (SSSR count). The van der Waals surface area contributed by atoms with Crippen molar-refractivity contribution < 1.29 is 14.7 Å². The second-order valence-corrected chi connectivity index (χ2v) is 6.82. The molecule has 7 nitrogen and oxygen atoms in total. The predicted molar refractivity (Wildman–Crippen MR) is 94.2 cm³/mol. The van der Waals surface area contributed by atoms with Gasteiger partial charge in [0.1, 0.15) is 5.65 Å². The second kappa shape index (κ2) is 7.65. The highest BCUT2D eigenvalue weighted by atomic mass is 79.9. The summed E-state index contributed by atoms with van der Waals surface area (Å²) in [5.74, 6) is -1.51. The summed E-state index contributed by atoms with van der Waals surface area (Å²) < 4.78 is 2.94. The summed E-state index contributed by atoms with van der Waals surface area (Å²) in [5, 5.41) is 11.7. The fourth-order valence-electron chi connectivity index (χ4n) is 2.40. The van der Waals surface area contributed by atoms with Crippen molar-refractivity contribution in [3.63, 3.8) is 0 Å². The van der Waals surface area contributed by atoms with Crippen molar-refractivity contribution in [3.8, 4) is 0 Å². The lowest BCUT2D eigenvalue weighted by Crippen LogP contribution is -2.41. The van der Waals surface area contributed by atoms with E-state index in [9.17, 15) is 9.59 Å². The van der Waals surface area contributed by atoms with E-state index >= 15 is 0 Å². The molecular weight excluding hydrogens is 376 g/mol. The van der Waals surface area contributed by atoms with Gasteiger partial charge in [0.25, 0.3) is 0 Å². The molecule has 24 heavy (non-hydrogen) atoms. The molecular formula is C16H21BrN4O3. The van der Waals surface area contributed by atoms with Gasteiger partial charge >= 0.3 is 12.0 Å². The van der Waals surface area contributed by atoms with Crippen molar-refractivity contribution in [1.82, 2.24) is 19.6 Å². The highest BCUT2D eigenvalue weighted by molar-refractivity contribution is 9.10. The number of nitrogens with zero attached hydrogens (tertiary/aromatic N) is 3. The number of aryl methyl sites for hydroxylation is 1. The Morgan fingerprint density at radius 2 is 2.17 bits per heavy atom. The third-order valence-electron chi connectivity index (χ3n) is 3.73. The summed E-state index contributed by atoms with van der Waals surface area (Å²) in [4.78, 5) is 28.7. The Morgan fingerprint density at radius 3 is 2.83 bits per heavy atom. The number of hydrogen-bond acceptors (Lipinski definition) is 3. The molecule has 0 bridgehead atoms. The first-order valence-electron chi connectivity index (χ1n) is 7.63. The fourth-order valence-corrected chi connectivity index (χ4v) is 2.96. The van der Waals surface area contributed by atoms with Crippen LogP contribution in [0.5, 0.6) is 0 Å². The largest absolute Gasteiger partial charge is 0.481 e. The molecule has 2 amide bonds. The van der Waals surface area contributed by atoms with Gasteiger partial charge in [-0.25, -0.2) is 9.78 Å². The van der Waals surface area contributed by atoms with Crippen LogP contribution in [0.1, 0.15) is 18.2 Å². The quantitative estimate of drug-likeness (QED) is 0.783. The van der Waals surface area contributed by atoms with Gasteiger partial charge in [-0.2, -0.15) is 0 Å². The molecule has 2 N–H and O–H groups in total. The summed E-state index contributed by atoms with van der Waals surface area (Å²) in [6.45, 7) is 4.18. The molecule has 0 aliphatic carbocycles. The third-order valence-corrected chi connectivity index (χ3v) is 4.16. The van der Waals surface area contributed by atoms with Crippen molar-refractivity contribution in [2.45, 2.75) is 20.3 Å². The lowest BCUT2D eigenvalue weighted by Gasteiger charge is -2.19. The van der Waals surface area contributed by atoms with Crippen LogP contribution in [0, 0.1) is 12.8 Å². The Bertz CT molecular complexity index is 759. The number of fused-ring (bicyclic) bond motifs is 1. The number of halogens is 1. The zero-order valence-electron chi connectivity index (χ0n) is 13.9. The van der Waals surface area contributed by atoms with Crippen LogP contribution >= 0.6 is 15.9 Å². The lowest BCUT2D eigenvalue weighted by atomic mass is 10.2. The van der Waals surface area contributed by atoms with Crippen molar-refractivity contribution in [2.24, 2.45) is 5.92 Å². The van der Waals surface area contributed by atoms with Crippen LogP contribution in [-0.4, -0.2) is 51.5 Å². The summed E-state index contributed by atoms with van der Waals surface area (Å²) in [6, 6.07) is 1.72. The van der Waals surface area contributed by atoms with Crippen molar-refractivity contribution in [2.75, 3.05) is 20.1 Å². The van der Waals surface area contributed by atoms with Gasteiger partial charge < -0.3 is 19.7 Å². The molecule has 2 aromatic rings. The summed E-state index contributed by atoms with van der Waals surface area (Å²) in [6.07, 6.45) is 4.49. The van der Waals surface area contributed by atoms with Gasteiger partial charge in [0, 0.05) is 43.4 Å². The van der Waals surface area contributed by atoms with E-state index < -0.39 is 11.9 Å². The number of pyridine rings is 1. The number of carbonyl (C=O) groups is 2. The molecule has 0 saturated carbocycles. The van der Waals surface area contributed by atoms with Gasteiger partial charge in [0.2, 0.25) is 0 Å². The van der Waals surface area contributed by atoms with E-state index in [4.69, 9.17) is 5.11 Å². The number of urea groups is 1. The van der Waals surface area contributed by atoms with Crippen molar-refractivity contribution in [1.29, 1.82) is 0 Å². The number of hydrogen-bond donors (Lipinski definition) is 2. The Kier molecular flexibility index (Phi) is 5.82. The molecule has 0 radical (unpaired) electrons. The van der Waals surface area contributed by atoms with E-state index in [0.717, 1.165) is 21.4 Å². The molecule has 0 aliphatic rings. The summed E-state index contributed by atoms with van der Waals surface area (Å²) in [5.41, 5.74) is 2.85. The number of aliphatic carboxylic acids is 1. The van der Waals surface area contributed by atoms with E-state index in [1.54, 1.807) is 14.0 Å². The molecule has 8 heteroatoms. The molecule has 2 heterocycles. The standard InChI is InChI=1S/C16H21BrN4O3/c1-10-6-12(17)8-21-9-13(19-14(10)21)4-5-18-16(24)20(3)7-11(2)15(22)23/h6,8-9,11H,4-5,7H2,1-3H3,(H,18,24)(H,22,23). The fraction of sp³-hybridized carbons (Fsp3) is 0.438. The van der Waals surface area contributed by atoms with E-state index in [0.29, 0.717) is 13.0 Å². The topological polar surface area (TPSA) is 86.9 Å². The minimum atomic E-state index is -0.916. The molecule has 0 aliphatic heterocycles. The number of nitrogens with one attached hydrogen (secondary N) is 1. The molecule has 1 atom stereocenters. The molecule has 0 aromatic carbocycles. The average Bonchev–Trinajstić information content (AvgIpc) is 2.89. The Morgan fingerprint density at radius 1 is 1.46 bits per heavy atom. The summed E-state index contributed by atoms with van der Waals surface area (Å²) >= 11 is 3.46. The minimum Gasteiger partial charge on any atom is -0.481 e. The number of aromatic nitrogens is 2. The van der Waals surface area contributed by atoms with Gasteiger partial charge in [-0.3, -0.25) is 4.79 Å². The lowest BCUT2D eigenvalue weighted by molar-refractivity contribution is -0.141. The Hall–Kier alpha value is -2.09. The Balaban J connectivity index is 1.89. The molecule has 1 unspecified atom stereocenters. The van der Waals surface area contributed by atoms with Gasteiger partial charge in [0.15, 0.2) is 0 Å². The number of rotatable bonds is 6. The molecule has 0 spiro atoms. The zero-order valence-corrected chi connectivity index (χ0v) is 15.5. The SMILES string of the molecule is Cc1cc(Br)cn2cc(CCNC(=O)N(C)CC(C)C(=O)O)nc12. The first-order chi connectivity index (χ1) is 11.3. The van der Waals surface area contributed by atoms with Crippen LogP contribution in [0.2, 0.25) is 0 Å². The van der Waals surface area contributed by atoms with Crippen LogP contribution in [0.4, 0.5) is 4.79 Å². The predicted octanol–water partition coefficient (Wildman–Crippen LogP) is 2.31. The van der Waals surface area contributed by atoms with Crippen LogP contribution in [-0.2, 0) is 11.2 Å². The van der Waals surface area contributed by atoms with Crippen molar-refractivity contribution in [3.05, 3.63) is 34.2 Å². The molecule has 0 fully saturated rings. The summed E-state index contributed by atoms with van der Waals surface area (Å²) in [7, 11) is 1.58. The maximum absolute atomic E-state index is 12.0. The number of imidazole rings is 1. The number of amides is 2. The van der Waals surface area contributed by atoms with Crippen LogP contribution in [0.25, 0.3) is 5.65 Å². The molecule has 2 aromatic heterocycles. The normalized spacial score (nSPS) is 12.2. The van der Waals surface area contributed by atoms with Gasteiger partial charge in [0.05, 0.1) is 11.6 Å². The third kappa shape index (κ3) is 4.47. The Labute approximate surface area is 148 Å². The van der Waals surface area contributed by atoms with Gasteiger partial charge in [-0.1, -0.05) is 6.92 Å². The average molecular weight is 397 g/mol. The first-order valence-corrected chi connectivity index (χ1v) is 8.42. The van der Waals surface area contributed by atoms with E-state index in [1.807, 2.05) is 29.8 Å². The van der Waals surface area contributed by atoms with E-state index in [-0.39, 0.29) is 12.6 Å². The highest BCUT2D eigenvalue weighted by Gasteiger charge is 2.17. The minimum absolute atomic E-state index is 0.169. The molecule has 130 valence electrons. The highest BCUT2D eigenvalue weighted by Crippen LogP contribution is 2.17. The second-order valence-electron chi connectivity index (χ2n) is 5.91.